The summed E-state index contributed by atoms with van der Waals surface area (Å²) in [4.78, 5) is 21.9. The van der Waals surface area contributed by atoms with Gasteiger partial charge in [0.1, 0.15) is 5.60 Å². The third kappa shape index (κ3) is 6.14. The summed E-state index contributed by atoms with van der Waals surface area (Å²) in [5, 5.41) is 6.89. The maximum absolute atomic E-state index is 11.7. The smallest absolute Gasteiger partial charge is 0.410 e. The Labute approximate surface area is 103 Å². The summed E-state index contributed by atoms with van der Waals surface area (Å²) in [7, 11) is 0. The Morgan fingerprint density at radius 1 is 1.41 bits per heavy atom. The van der Waals surface area contributed by atoms with Crippen molar-refractivity contribution in [3.05, 3.63) is 0 Å². The third-order valence-electron chi connectivity index (χ3n) is 2.41. The highest BCUT2D eigenvalue weighted by Crippen LogP contribution is 2.24. The lowest BCUT2D eigenvalue weighted by atomic mass is 10.1. The SMILES string of the molecule is CC1CC(C)N(C(=O)OC(C)(C)C)C1.O=CO. The zero-order valence-corrected chi connectivity index (χ0v) is 11.3. The van der Waals surface area contributed by atoms with E-state index in [4.69, 9.17) is 14.6 Å². The van der Waals surface area contributed by atoms with Crippen molar-refractivity contribution in [2.75, 3.05) is 6.54 Å². The molecular weight excluding hydrogens is 222 g/mol. The highest BCUT2D eigenvalue weighted by atomic mass is 16.6. The van der Waals surface area contributed by atoms with Crippen LogP contribution < -0.4 is 0 Å². The van der Waals surface area contributed by atoms with Gasteiger partial charge >= 0.3 is 6.09 Å². The van der Waals surface area contributed by atoms with Crippen LogP contribution in [0.5, 0.6) is 0 Å². The van der Waals surface area contributed by atoms with Gasteiger partial charge in [0.05, 0.1) is 0 Å². The van der Waals surface area contributed by atoms with Crippen LogP contribution in [0.2, 0.25) is 0 Å². The minimum absolute atomic E-state index is 0.172. The highest BCUT2D eigenvalue weighted by Gasteiger charge is 2.32. The number of carbonyl (C=O) groups is 2. The fourth-order valence-electron chi connectivity index (χ4n) is 1.87. The van der Waals surface area contributed by atoms with Gasteiger partial charge in [0.25, 0.3) is 6.47 Å². The largest absolute Gasteiger partial charge is 0.483 e. The number of amides is 1. The molecule has 0 aromatic rings. The molecule has 1 aliphatic rings. The quantitative estimate of drug-likeness (QED) is 0.665. The molecule has 2 atom stereocenters. The number of carboxylic acid groups (broad SMARTS) is 1. The van der Waals surface area contributed by atoms with Crippen LogP contribution in [0.15, 0.2) is 0 Å². The molecule has 1 fully saturated rings. The van der Waals surface area contributed by atoms with E-state index >= 15 is 0 Å². The second-order valence-electron chi connectivity index (χ2n) is 5.43. The second kappa shape index (κ2) is 6.47. The average Bonchev–Trinajstić information content (AvgIpc) is 2.43. The second-order valence-corrected chi connectivity index (χ2v) is 5.43. The first-order valence-corrected chi connectivity index (χ1v) is 5.78. The Kier molecular flexibility index (Phi) is 5.99. The van der Waals surface area contributed by atoms with E-state index in [9.17, 15) is 4.79 Å². The van der Waals surface area contributed by atoms with Crippen LogP contribution in [-0.2, 0) is 9.53 Å². The molecule has 0 aromatic carbocycles. The first-order valence-electron chi connectivity index (χ1n) is 5.78. The summed E-state index contributed by atoms with van der Waals surface area (Å²) in [6.07, 6.45) is 0.911. The molecule has 1 heterocycles. The van der Waals surface area contributed by atoms with Crippen molar-refractivity contribution >= 4 is 12.6 Å². The van der Waals surface area contributed by atoms with Crippen molar-refractivity contribution in [2.45, 2.75) is 52.7 Å². The van der Waals surface area contributed by atoms with E-state index in [2.05, 4.69) is 13.8 Å². The van der Waals surface area contributed by atoms with Gasteiger partial charge in [-0.1, -0.05) is 6.92 Å². The Bertz CT molecular complexity index is 260. The van der Waals surface area contributed by atoms with E-state index in [1.165, 1.54) is 0 Å². The van der Waals surface area contributed by atoms with Crippen molar-refractivity contribution < 1.29 is 19.4 Å². The standard InChI is InChI=1S/C11H21NO2.CH2O2/c1-8-6-9(2)12(7-8)10(13)14-11(3,4)5;2-1-3/h8-9H,6-7H2,1-5H3;1H,(H,2,3). The predicted molar refractivity (Wildman–Crippen MR) is 64.9 cm³/mol. The average molecular weight is 245 g/mol. The molecule has 0 aromatic heterocycles. The molecule has 1 aliphatic heterocycles. The number of ether oxygens (including phenoxy) is 1. The van der Waals surface area contributed by atoms with E-state index in [-0.39, 0.29) is 18.2 Å². The maximum Gasteiger partial charge on any atom is 0.410 e. The van der Waals surface area contributed by atoms with Crippen LogP contribution in [0.4, 0.5) is 4.79 Å². The molecule has 0 aliphatic carbocycles. The fraction of sp³-hybridized carbons (Fsp3) is 0.833. The van der Waals surface area contributed by atoms with Crippen molar-refractivity contribution in [1.29, 1.82) is 0 Å². The monoisotopic (exact) mass is 245 g/mol. The Morgan fingerprint density at radius 2 is 1.88 bits per heavy atom. The van der Waals surface area contributed by atoms with Gasteiger partial charge in [-0.15, -0.1) is 0 Å². The third-order valence-corrected chi connectivity index (χ3v) is 2.41. The maximum atomic E-state index is 11.7. The molecule has 0 radical (unpaired) electrons. The highest BCUT2D eigenvalue weighted by molar-refractivity contribution is 5.68. The summed E-state index contributed by atoms with van der Waals surface area (Å²) in [6.45, 7) is 10.5. The van der Waals surface area contributed by atoms with Gasteiger partial charge in [0.15, 0.2) is 0 Å². The van der Waals surface area contributed by atoms with Crippen molar-refractivity contribution in [2.24, 2.45) is 5.92 Å². The molecule has 17 heavy (non-hydrogen) atoms. The molecule has 0 spiro atoms. The van der Waals surface area contributed by atoms with Gasteiger partial charge < -0.3 is 14.7 Å². The summed E-state index contributed by atoms with van der Waals surface area (Å²) >= 11 is 0. The molecule has 0 bridgehead atoms. The van der Waals surface area contributed by atoms with Crippen LogP contribution in [-0.4, -0.2) is 40.8 Å². The van der Waals surface area contributed by atoms with Gasteiger partial charge in [-0.3, -0.25) is 4.79 Å². The van der Waals surface area contributed by atoms with Crippen LogP contribution in [0.3, 0.4) is 0 Å². The van der Waals surface area contributed by atoms with Gasteiger partial charge in [-0.2, -0.15) is 0 Å². The zero-order valence-electron chi connectivity index (χ0n) is 11.3. The minimum atomic E-state index is -0.386. The fourth-order valence-corrected chi connectivity index (χ4v) is 1.87. The number of carbonyl (C=O) groups excluding carboxylic acids is 1. The molecule has 1 rings (SSSR count). The minimum Gasteiger partial charge on any atom is -0.483 e. The van der Waals surface area contributed by atoms with Crippen molar-refractivity contribution in [3.63, 3.8) is 0 Å². The number of nitrogens with zero attached hydrogens (tertiary/aromatic N) is 1. The van der Waals surface area contributed by atoms with Crippen LogP contribution >= 0.6 is 0 Å². The topological polar surface area (TPSA) is 66.8 Å². The molecule has 1 amide bonds. The predicted octanol–water partition coefficient (Wildman–Crippen LogP) is 2.35. The Balaban J connectivity index is 0.000000770. The molecule has 5 nitrogen and oxygen atoms in total. The summed E-state index contributed by atoms with van der Waals surface area (Å²) in [6, 6.07) is 0.319. The van der Waals surface area contributed by atoms with E-state index in [0.29, 0.717) is 12.0 Å². The van der Waals surface area contributed by atoms with Gasteiger partial charge in [-0.05, 0) is 40.0 Å². The van der Waals surface area contributed by atoms with E-state index in [1.807, 2.05) is 25.7 Å². The lowest BCUT2D eigenvalue weighted by molar-refractivity contribution is -0.122. The molecular formula is C12H23NO4. The van der Waals surface area contributed by atoms with Gasteiger partial charge in [0.2, 0.25) is 0 Å². The molecule has 5 heteroatoms. The normalized spacial score (nSPS) is 23.7. The van der Waals surface area contributed by atoms with Crippen LogP contribution in [0.1, 0.15) is 41.0 Å². The zero-order chi connectivity index (χ0) is 13.6. The lowest BCUT2D eigenvalue weighted by Gasteiger charge is -2.26. The first kappa shape index (κ1) is 15.7. The molecule has 0 saturated carbocycles. The Morgan fingerprint density at radius 3 is 2.18 bits per heavy atom. The van der Waals surface area contributed by atoms with Crippen LogP contribution in [0, 0.1) is 5.92 Å². The lowest BCUT2D eigenvalue weighted by Crippen LogP contribution is -2.38. The van der Waals surface area contributed by atoms with Crippen molar-refractivity contribution in [1.82, 2.24) is 4.90 Å². The summed E-state index contributed by atoms with van der Waals surface area (Å²) in [5.74, 6) is 0.595. The number of hydrogen-bond donors (Lipinski definition) is 1. The summed E-state index contributed by atoms with van der Waals surface area (Å²) in [5.41, 5.74) is -0.386. The number of rotatable bonds is 0. The van der Waals surface area contributed by atoms with Gasteiger partial charge in [-0.25, -0.2) is 4.79 Å². The molecule has 1 N–H and O–H groups in total. The number of likely N-dealkylation sites (tertiary alicyclic amines) is 1. The molecule has 2 unspecified atom stereocenters. The van der Waals surface area contributed by atoms with Crippen molar-refractivity contribution in [3.8, 4) is 0 Å². The van der Waals surface area contributed by atoms with Gasteiger partial charge in [0, 0.05) is 12.6 Å². The van der Waals surface area contributed by atoms with E-state index < -0.39 is 0 Å². The molecule has 1 saturated heterocycles. The number of hydrogen-bond acceptors (Lipinski definition) is 3. The molecule has 100 valence electrons. The van der Waals surface area contributed by atoms with E-state index in [0.717, 1.165) is 13.0 Å². The Hall–Kier alpha value is -1.26. The van der Waals surface area contributed by atoms with Crippen LogP contribution in [0.25, 0.3) is 0 Å². The first-order chi connectivity index (χ1) is 7.71. The van der Waals surface area contributed by atoms with E-state index in [1.54, 1.807) is 0 Å². The summed E-state index contributed by atoms with van der Waals surface area (Å²) < 4.78 is 5.33.